The van der Waals surface area contributed by atoms with E-state index in [1.807, 2.05) is 13.0 Å². The molecule has 2 aliphatic rings. The van der Waals surface area contributed by atoms with Gasteiger partial charge < -0.3 is 19.2 Å². The maximum atomic E-state index is 13.8. The van der Waals surface area contributed by atoms with Crippen molar-refractivity contribution >= 4 is 28.7 Å². The summed E-state index contributed by atoms with van der Waals surface area (Å²) in [5.41, 5.74) is 2.45. The lowest BCUT2D eigenvalue weighted by Gasteiger charge is -2.38. The van der Waals surface area contributed by atoms with E-state index in [-0.39, 0.29) is 28.1 Å². The molecule has 1 aliphatic carbocycles. The number of nitrogens with one attached hydrogen (secondary N) is 1. The van der Waals surface area contributed by atoms with Gasteiger partial charge in [-0.3, -0.25) is 14.4 Å². The molecule has 3 atom stereocenters. The number of esters is 2. The molecular weight excluding hydrogens is 450 g/mol. The van der Waals surface area contributed by atoms with E-state index in [4.69, 9.17) is 13.9 Å². The van der Waals surface area contributed by atoms with Gasteiger partial charge in [-0.1, -0.05) is 18.6 Å². The summed E-state index contributed by atoms with van der Waals surface area (Å²) < 4.78 is 16.2. The van der Waals surface area contributed by atoms with Gasteiger partial charge in [0, 0.05) is 22.5 Å². The number of benzene rings is 1. The molecule has 0 fully saturated rings. The van der Waals surface area contributed by atoms with E-state index in [1.165, 1.54) is 13.4 Å². The number of aryl methyl sites for hydroxylation is 1. The Labute approximate surface area is 203 Å². The van der Waals surface area contributed by atoms with Crippen molar-refractivity contribution in [2.24, 2.45) is 11.8 Å². The molecule has 1 aromatic heterocycles. The van der Waals surface area contributed by atoms with Crippen LogP contribution in [0.2, 0.25) is 0 Å². The van der Waals surface area contributed by atoms with Crippen LogP contribution in [0, 0.1) is 18.8 Å². The van der Waals surface area contributed by atoms with Crippen molar-refractivity contribution in [3.63, 3.8) is 0 Å². The van der Waals surface area contributed by atoms with Gasteiger partial charge in [-0.15, -0.1) is 0 Å². The summed E-state index contributed by atoms with van der Waals surface area (Å²) in [5, 5.41) is 3.53. The Balaban J connectivity index is 1.98. The lowest BCUT2D eigenvalue weighted by atomic mass is 9.69. The van der Waals surface area contributed by atoms with Crippen molar-refractivity contribution in [2.75, 3.05) is 7.11 Å². The molecule has 35 heavy (non-hydrogen) atoms. The smallest absolute Gasteiger partial charge is 0.337 e. The summed E-state index contributed by atoms with van der Waals surface area (Å²) in [6.07, 6.45) is 1.26. The van der Waals surface area contributed by atoms with E-state index in [9.17, 15) is 19.2 Å². The Kier molecular flexibility index (Phi) is 6.40. The highest BCUT2D eigenvalue weighted by Crippen LogP contribution is 2.45. The van der Waals surface area contributed by atoms with E-state index in [0.29, 0.717) is 28.8 Å². The second-order valence-corrected chi connectivity index (χ2v) is 9.51. The third-order valence-corrected chi connectivity index (χ3v) is 6.57. The topological polar surface area (TPSA) is 112 Å². The first-order valence-electron chi connectivity index (χ1n) is 11.6. The first-order chi connectivity index (χ1) is 16.5. The molecule has 2 aromatic rings. The number of hydrogen-bond acceptors (Lipinski definition) is 8. The number of Topliss-reactive ketones (excluding diaryl/α,β-unsaturated/α-hetero) is 1. The third kappa shape index (κ3) is 4.17. The van der Waals surface area contributed by atoms with Gasteiger partial charge in [0.25, 0.3) is 0 Å². The minimum absolute atomic E-state index is 0.138. The molecule has 0 bridgehead atoms. The monoisotopic (exact) mass is 479 g/mol. The third-order valence-electron chi connectivity index (χ3n) is 6.57. The number of carbonyl (C=O) groups excluding carboxylic acids is 3. The lowest BCUT2D eigenvalue weighted by Crippen LogP contribution is -2.44. The molecule has 0 saturated heterocycles. The van der Waals surface area contributed by atoms with Crippen LogP contribution < -0.4 is 10.7 Å². The summed E-state index contributed by atoms with van der Waals surface area (Å²) >= 11 is 0. The summed E-state index contributed by atoms with van der Waals surface area (Å²) in [4.78, 5) is 53.3. The number of carbonyl (C=O) groups is 3. The van der Waals surface area contributed by atoms with Gasteiger partial charge in [0.15, 0.2) is 11.2 Å². The molecule has 0 amide bonds. The highest BCUT2D eigenvalue weighted by molar-refractivity contribution is 6.12. The van der Waals surface area contributed by atoms with Crippen molar-refractivity contribution in [1.29, 1.82) is 0 Å². The Bertz CT molecular complexity index is 1360. The molecular formula is C27H29NO7. The van der Waals surface area contributed by atoms with Gasteiger partial charge in [-0.2, -0.15) is 0 Å². The van der Waals surface area contributed by atoms with Gasteiger partial charge in [-0.05, 0) is 52.2 Å². The molecule has 1 N–H and O–H groups in total. The number of rotatable bonds is 4. The zero-order valence-corrected chi connectivity index (χ0v) is 20.7. The number of ketones is 1. The van der Waals surface area contributed by atoms with Crippen LogP contribution in [-0.4, -0.2) is 30.9 Å². The van der Waals surface area contributed by atoms with Crippen molar-refractivity contribution in [3.05, 3.63) is 68.4 Å². The second kappa shape index (κ2) is 9.17. The minimum Gasteiger partial charge on any atom is -0.468 e. The lowest BCUT2D eigenvalue weighted by molar-refractivity contribution is -0.151. The average Bonchev–Trinajstić information content (AvgIpc) is 2.78. The molecule has 8 heteroatoms. The normalized spacial score (nSPS) is 22.3. The highest BCUT2D eigenvalue weighted by Gasteiger charge is 2.48. The second-order valence-electron chi connectivity index (χ2n) is 9.51. The van der Waals surface area contributed by atoms with Gasteiger partial charge in [-0.25, -0.2) is 4.79 Å². The maximum absolute atomic E-state index is 13.8. The van der Waals surface area contributed by atoms with E-state index in [0.717, 1.165) is 5.56 Å². The fourth-order valence-electron chi connectivity index (χ4n) is 5.00. The SMILES string of the molecule is COC(=O)C1C(=O)C2=C(CC1C)NC(C)=C(C(=O)OC(C)C)C2c1coc2ccc(C)cc2c1=O. The molecule has 1 aromatic carbocycles. The number of hydrogen-bond donors (Lipinski definition) is 1. The molecule has 0 spiro atoms. The highest BCUT2D eigenvalue weighted by atomic mass is 16.5. The summed E-state index contributed by atoms with van der Waals surface area (Å²) in [5.74, 6) is -4.19. The van der Waals surface area contributed by atoms with Crippen LogP contribution in [-0.2, 0) is 23.9 Å². The van der Waals surface area contributed by atoms with Crippen molar-refractivity contribution in [1.82, 2.24) is 5.32 Å². The molecule has 184 valence electrons. The predicted molar refractivity (Wildman–Crippen MR) is 128 cm³/mol. The summed E-state index contributed by atoms with van der Waals surface area (Å²) in [7, 11) is 1.23. The molecule has 1 aliphatic heterocycles. The first kappa shape index (κ1) is 24.4. The van der Waals surface area contributed by atoms with Crippen LogP contribution in [0.1, 0.15) is 51.2 Å². The quantitative estimate of drug-likeness (QED) is 0.522. The fourth-order valence-corrected chi connectivity index (χ4v) is 5.00. The zero-order valence-electron chi connectivity index (χ0n) is 20.7. The van der Waals surface area contributed by atoms with Crippen LogP contribution >= 0.6 is 0 Å². The van der Waals surface area contributed by atoms with Gasteiger partial charge in [0.2, 0.25) is 0 Å². The molecule has 3 unspecified atom stereocenters. The van der Waals surface area contributed by atoms with Crippen molar-refractivity contribution in [2.45, 2.75) is 53.1 Å². The molecule has 0 radical (unpaired) electrons. The summed E-state index contributed by atoms with van der Waals surface area (Å²) in [6, 6.07) is 5.25. The molecule has 4 rings (SSSR count). The fraction of sp³-hybridized carbons (Fsp3) is 0.407. The number of fused-ring (bicyclic) bond motifs is 1. The van der Waals surface area contributed by atoms with E-state index < -0.39 is 35.7 Å². The largest absolute Gasteiger partial charge is 0.468 e. The van der Waals surface area contributed by atoms with Crippen LogP contribution in [0.5, 0.6) is 0 Å². The van der Waals surface area contributed by atoms with Crippen LogP contribution in [0.3, 0.4) is 0 Å². The zero-order chi connectivity index (χ0) is 25.6. The van der Waals surface area contributed by atoms with Crippen LogP contribution in [0.4, 0.5) is 0 Å². The van der Waals surface area contributed by atoms with E-state index >= 15 is 0 Å². The number of ether oxygens (including phenoxy) is 2. The van der Waals surface area contributed by atoms with Crippen molar-refractivity contribution in [3.8, 4) is 0 Å². The Morgan fingerprint density at radius 1 is 1.17 bits per heavy atom. The average molecular weight is 480 g/mol. The molecule has 0 saturated carbocycles. The number of dihydropyridines is 1. The van der Waals surface area contributed by atoms with Crippen LogP contribution in [0.25, 0.3) is 11.0 Å². The predicted octanol–water partition coefficient (Wildman–Crippen LogP) is 3.67. The Morgan fingerprint density at radius 3 is 2.54 bits per heavy atom. The standard InChI is InChI=1S/C27H29NO7/c1-12(2)35-27(32)21-15(5)28-18-10-14(4)20(26(31)33-6)25(30)23(18)22(21)17-11-34-19-8-7-13(3)9-16(19)24(17)29/h7-9,11-12,14,20,22,28H,10H2,1-6H3. The van der Waals surface area contributed by atoms with E-state index in [2.05, 4.69) is 5.32 Å². The Morgan fingerprint density at radius 2 is 1.89 bits per heavy atom. The summed E-state index contributed by atoms with van der Waals surface area (Å²) in [6.45, 7) is 8.81. The number of allylic oxidation sites excluding steroid dienone is 3. The van der Waals surface area contributed by atoms with E-state index in [1.54, 1.807) is 39.8 Å². The molecule has 2 heterocycles. The van der Waals surface area contributed by atoms with Gasteiger partial charge in [0.1, 0.15) is 11.5 Å². The molecule has 8 nitrogen and oxygen atoms in total. The maximum Gasteiger partial charge on any atom is 0.337 e. The van der Waals surface area contributed by atoms with Gasteiger partial charge >= 0.3 is 11.9 Å². The Hall–Kier alpha value is -3.68. The first-order valence-corrected chi connectivity index (χ1v) is 11.6. The number of methoxy groups -OCH3 is 1. The van der Waals surface area contributed by atoms with Gasteiger partial charge in [0.05, 0.1) is 36.4 Å². The van der Waals surface area contributed by atoms with Crippen LogP contribution in [0.15, 0.2) is 56.2 Å². The van der Waals surface area contributed by atoms with Crippen molar-refractivity contribution < 1.29 is 28.3 Å². The minimum atomic E-state index is -1.05.